The van der Waals surface area contributed by atoms with Gasteiger partial charge < -0.3 is 0 Å². The highest BCUT2D eigenvalue weighted by Gasteiger charge is 2.24. The number of hydrogen-bond donors (Lipinski definition) is 0. The summed E-state index contributed by atoms with van der Waals surface area (Å²) in [5.41, 5.74) is 0.0490. The molecule has 0 aromatic carbocycles. The SMILES string of the molecule is CC(C)(C)CC(C)(C)N=S=O. The van der Waals surface area contributed by atoms with E-state index in [1.807, 2.05) is 13.8 Å². The molecule has 0 aliphatic rings. The third kappa shape index (κ3) is 6.23. The quantitative estimate of drug-likeness (QED) is 0.634. The molecule has 0 radical (unpaired) electrons. The van der Waals surface area contributed by atoms with Gasteiger partial charge >= 0.3 is 0 Å². The summed E-state index contributed by atoms with van der Waals surface area (Å²) in [5.74, 6) is 0. The summed E-state index contributed by atoms with van der Waals surface area (Å²) < 4.78 is 14.1. The van der Waals surface area contributed by atoms with Gasteiger partial charge in [-0.1, -0.05) is 20.8 Å². The molecule has 0 aromatic rings. The van der Waals surface area contributed by atoms with Crippen molar-refractivity contribution in [2.24, 2.45) is 9.78 Å². The van der Waals surface area contributed by atoms with Gasteiger partial charge in [0, 0.05) is 0 Å². The molecule has 0 rings (SSSR count). The molecule has 0 aliphatic heterocycles. The van der Waals surface area contributed by atoms with E-state index in [4.69, 9.17) is 0 Å². The van der Waals surface area contributed by atoms with E-state index in [2.05, 4.69) is 25.1 Å². The summed E-state index contributed by atoms with van der Waals surface area (Å²) in [4.78, 5) is 0. The van der Waals surface area contributed by atoms with Crippen molar-refractivity contribution in [3.8, 4) is 0 Å². The minimum absolute atomic E-state index is 0.190. The van der Waals surface area contributed by atoms with Gasteiger partial charge in [-0.25, -0.2) is 0 Å². The van der Waals surface area contributed by atoms with Crippen LogP contribution < -0.4 is 0 Å². The van der Waals surface area contributed by atoms with Crippen molar-refractivity contribution in [3.63, 3.8) is 0 Å². The van der Waals surface area contributed by atoms with Crippen molar-refractivity contribution in [2.45, 2.75) is 46.6 Å². The molecule has 0 atom stereocenters. The van der Waals surface area contributed by atoms with Crippen LogP contribution in [0.25, 0.3) is 0 Å². The third-order valence-corrected chi connectivity index (χ3v) is 1.82. The number of hydrogen-bond acceptors (Lipinski definition) is 2. The van der Waals surface area contributed by atoms with Gasteiger partial charge in [0.05, 0.1) is 5.54 Å². The van der Waals surface area contributed by atoms with Crippen LogP contribution >= 0.6 is 0 Å². The van der Waals surface area contributed by atoms with E-state index in [0.29, 0.717) is 11.5 Å². The zero-order valence-corrected chi connectivity index (χ0v) is 8.79. The molecule has 0 aliphatic carbocycles. The molecule has 0 saturated carbocycles. The van der Waals surface area contributed by atoms with Crippen molar-refractivity contribution in [3.05, 3.63) is 0 Å². The highest BCUT2D eigenvalue weighted by atomic mass is 32.1. The Morgan fingerprint density at radius 1 is 1.18 bits per heavy atom. The Bertz CT molecular complexity index is 175. The van der Waals surface area contributed by atoms with Gasteiger partial charge in [0.1, 0.15) is 0 Å². The van der Waals surface area contributed by atoms with Gasteiger partial charge in [-0.15, -0.1) is 0 Å². The van der Waals surface area contributed by atoms with E-state index in [9.17, 15) is 4.21 Å². The largest absolute Gasteiger partial charge is 0.200 e. The first-order chi connectivity index (χ1) is 4.77. The van der Waals surface area contributed by atoms with Gasteiger partial charge in [-0.05, 0) is 25.7 Å². The second-order valence-corrected chi connectivity index (χ2v) is 5.05. The molecule has 0 bridgehead atoms. The summed E-state index contributed by atoms with van der Waals surface area (Å²) >= 11 is 0.324. The van der Waals surface area contributed by atoms with Crippen LogP contribution in [0.3, 0.4) is 0 Å². The van der Waals surface area contributed by atoms with E-state index in [0.717, 1.165) is 6.42 Å². The zero-order valence-electron chi connectivity index (χ0n) is 7.97. The second kappa shape index (κ2) is 3.48. The van der Waals surface area contributed by atoms with Crippen LogP contribution in [0.4, 0.5) is 0 Å². The van der Waals surface area contributed by atoms with E-state index in [-0.39, 0.29) is 11.0 Å². The monoisotopic (exact) mass is 175 g/mol. The Balaban J connectivity index is 4.24. The minimum atomic E-state index is -0.190. The first kappa shape index (κ1) is 10.8. The molecule has 0 N–H and O–H groups in total. The van der Waals surface area contributed by atoms with Crippen molar-refractivity contribution >= 4 is 11.5 Å². The third-order valence-electron chi connectivity index (χ3n) is 1.25. The van der Waals surface area contributed by atoms with Crippen LogP contribution in [-0.4, -0.2) is 9.75 Å². The van der Waals surface area contributed by atoms with Crippen molar-refractivity contribution in [2.75, 3.05) is 0 Å². The Hall–Kier alpha value is -0.180. The number of rotatable bonds is 2. The van der Waals surface area contributed by atoms with Crippen LogP contribution in [0.2, 0.25) is 0 Å². The Morgan fingerprint density at radius 3 is 1.91 bits per heavy atom. The zero-order chi connectivity index (χ0) is 9.12. The Kier molecular flexibility index (Phi) is 3.42. The van der Waals surface area contributed by atoms with Gasteiger partial charge in [0.25, 0.3) is 0 Å². The van der Waals surface area contributed by atoms with Crippen molar-refractivity contribution in [1.29, 1.82) is 0 Å². The van der Waals surface area contributed by atoms with Gasteiger partial charge in [0.2, 0.25) is 0 Å². The molecule has 0 fully saturated rings. The molecule has 0 heterocycles. The van der Waals surface area contributed by atoms with Gasteiger partial charge in [-0.2, -0.15) is 8.57 Å². The molecule has 0 saturated heterocycles. The standard InChI is InChI=1S/C8H17NOS/c1-7(2,3)6-8(4,5)9-11-10/h6H2,1-5H3. The second-order valence-electron chi connectivity index (χ2n) is 4.72. The average Bonchev–Trinajstić information content (AvgIpc) is 1.55. The molecule has 0 aromatic heterocycles. The Morgan fingerprint density at radius 2 is 1.64 bits per heavy atom. The van der Waals surface area contributed by atoms with Crippen LogP contribution in [0.1, 0.15) is 41.0 Å². The van der Waals surface area contributed by atoms with Crippen LogP contribution in [0.5, 0.6) is 0 Å². The van der Waals surface area contributed by atoms with E-state index in [1.165, 1.54) is 0 Å². The molecule has 0 spiro atoms. The summed E-state index contributed by atoms with van der Waals surface area (Å²) in [6, 6.07) is 0. The lowest BCUT2D eigenvalue weighted by Crippen LogP contribution is -2.24. The molecular weight excluding hydrogens is 158 g/mol. The molecular formula is C8H17NOS. The fourth-order valence-corrected chi connectivity index (χ4v) is 1.70. The maximum Gasteiger partial charge on any atom is 0.200 e. The molecule has 66 valence electrons. The lowest BCUT2D eigenvalue weighted by atomic mass is 9.82. The van der Waals surface area contributed by atoms with Crippen LogP contribution in [0, 0.1) is 5.41 Å². The maximum absolute atomic E-state index is 10.2. The first-order valence-corrected chi connectivity index (χ1v) is 4.48. The maximum atomic E-state index is 10.2. The topological polar surface area (TPSA) is 29.4 Å². The van der Waals surface area contributed by atoms with E-state index < -0.39 is 0 Å². The number of nitrogens with zero attached hydrogens (tertiary/aromatic N) is 1. The first-order valence-electron chi connectivity index (χ1n) is 3.78. The minimum Gasteiger partial charge on any atom is -0.191 e. The lowest BCUT2D eigenvalue weighted by Gasteiger charge is -2.27. The molecule has 0 unspecified atom stereocenters. The van der Waals surface area contributed by atoms with Gasteiger partial charge in [0.15, 0.2) is 11.5 Å². The van der Waals surface area contributed by atoms with Crippen LogP contribution in [-0.2, 0) is 11.5 Å². The highest BCUT2D eigenvalue weighted by Crippen LogP contribution is 2.28. The summed E-state index contributed by atoms with van der Waals surface area (Å²) in [7, 11) is 0. The van der Waals surface area contributed by atoms with Crippen molar-refractivity contribution in [1.82, 2.24) is 0 Å². The van der Waals surface area contributed by atoms with Crippen molar-refractivity contribution < 1.29 is 4.21 Å². The molecule has 11 heavy (non-hydrogen) atoms. The Labute approximate surface area is 72.6 Å². The fourth-order valence-electron chi connectivity index (χ4n) is 1.43. The lowest BCUT2D eigenvalue weighted by molar-refractivity contribution is 0.290. The predicted octanol–water partition coefficient (Wildman–Crippen LogP) is 2.60. The van der Waals surface area contributed by atoms with Crippen LogP contribution in [0.15, 0.2) is 4.36 Å². The molecule has 0 amide bonds. The highest BCUT2D eigenvalue weighted by molar-refractivity contribution is 7.54. The smallest absolute Gasteiger partial charge is 0.191 e. The van der Waals surface area contributed by atoms with Gasteiger partial charge in [-0.3, -0.25) is 0 Å². The molecule has 3 heteroatoms. The summed E-state index contributed by atoms with van der Waals surface area (Å²) in [5, 5.41) is 0. The van der Waals surface area contributed by atoms with E-state index in [1.54, 1.807) is 0 Å². The summed E-state index contributed by atoms with van der Waals surface area (Å²) in [6.45, 7) is 10.4. The fraction of sp³-hybridized carbons (Fsp3) is 1.00. The molecule has 2 nitrogen and oxygen atoms in total. The van der Waals surface area contributed by atoms with E-state index >= 15 is 0 Å². The predicted molar refractivity (Wildman–Crippen MR) is 48.7 cm³/mol. The average molecular weight is 175 g/mol. The summed E-state index contributed by atoms with van der Waals surface area (Å²) in [6.07, 6.45) is 0.940. The normalized spacial score (nSPS) is 12.8.